The van der Waals surface area contributed by atoms with Crippen LogP contribution in [-0.2, 0) is 29.8 Å². The molecule has 6 aliphatic rings. The number of anilines is 2. The number of aromatic nitrogens is 2. The number of nitriles is 1. The van der Waals surface area contributed by atoms with Crippen molar-refractivity contribution in [2.24, 2.45) is 0 Å². The van der Waals surface area contributed by atoms with E-state index in [-0.39, 0.29) is 11.1 Å². The van der Waals surface area contributed by atoms with Gasteiger partial charge in [-0.1, -0.05) is 6.07 Å². The van der Waals surface area contributed by atoms with Gasteiger partial charge >= 0.3 is 6.01 Å². The summed E-state index contributed by atoms with van der Waals surface area (Å²) in [5.41, 5.74) is 10.5. The minimum Gasteiger partial charge on any atom is -0.461 e. The van der Waals surface area contributed by atoms with Crippen LogP contribution >= 0.6 is 0 Å². The van der Waals surface area contributed by atoms with Crippen LogP contribution in [0.2, 0.25) is 0 Å². The first kappa shape index (κ1) is 26.6. The van der Waals surface area contributed by atoms with Crippen LogP contribution in [-0.4, -0.2) is 83.4 Å². The summed E-state index contributed by atoms with van der Waals surface area (Å²) in [6.07, 6.45) is 7.21. The van der Waals surface area contributed by atoms with E-state index in [0.29, 0.717) is 49.9 Å². The Hall–Kier alpha value is -3.00. The Kier molecular flexibility index (Phi) is 6.02. The molecule has 0 amide bonds. The van der Waals surface area contributed by atoms with Crippen molar-refractivity contribution in [3.63, 3.8) is 0 Å². The number of fused-ring (bicyclic) bond motifs is 4. The molecule has 10 heteroatoms. The average Bonchev–Trinajstić information content (AvgIpc) is 3.64. The molecule has 9 nitrogen and oxygen atoms in total. The number of hydrogen-bond donors (Lipinski definition) is 1. The fourth-order valence-electron chi connectivity index (χ4n) is 9.13. The highest BCUT2D eigenvalue weighted by Gasteiger charge is 2.52. The second-order valence-corrected chi connectivity index (χ2v) is 13.7. The van der Waals surface area contributed by atoms with Crippen LogP contribution < -0.4 is 15.4 Å². The molecule has 1 aliphatic carbocycles. The minimum absolute atomic E-state index is 0.0803. The summed E-state index contributed by atoms with van der Waals surface area (Å²) in [7, 11) is 2.19. The molecule has 222 valence electrons. The number of hydrogen-bond acceptors (Lipinski definition) is 9. The lowest BCUT2D eigenvalue weighted by atomic mass is 9.72. The van der Waals surface area contributed by atoms with Gasteiger partial charge in [-0.25, -0.2) is 4.39 Å². The van der Waals surface area contributed by atoms with Gasteiger partial charge < -0.3 is 25.0 Å². The molecule has 5 aliphatic heterocycles. The Labute approximate surface area is 246 Å². The van der Waals surface area contributed by atoms with Gasteiger partial charge in [0.25, 0.3) is 0 Å². The third kappa shape index (κ3) is 3.89. The van der Waals surface area contributed by atoms with Crippen molar-refractivity contribution in [2.45, 2.75) is 87.2 Å². The molecule has 0 radical (unpaired) electrons. The van der Waals surface area contributed by atoms with Gasteiger partial charge in [0.15, 0.2) is 0 Å². The van der Waals surface area contributed by atoms with Crippen LogP contribution in [0.4, 0.5) is 15.9 Å². The van der Waals surface area contributed by atoms with Crippen LogP contribution in [0.3, 0.4) is 0 Å². The van der Waals surface area contributed by atoms with Gasteiger partial charge in [-0.15, -0.1) is 0 Å². The van der Waals surface area contributed by atoms with E-state index in [0.717, 1.165) is 99.3 Å². The number of rotatable bonds is 4. The Bertz CT molecular complexity index is 1480. The Morgan fingerprint density at radius 2 is 2.05 bits per heavy atom. The minimum atomic E-state index is -0.806. The first-order chi connectivity index (χ1) is 20.3. The number of nitrogen functional groups attached to an aromatic ring is 1. The van der Waals surface area contributed by atoms with Gasteiger partial charge in [0, 0.05) is 55.8 Å². The number of benzene rings is 1. The van der Waals surface area contributed by atoms with E-state index in [1.807, 2.05) is 6.07 Å². The van der Waals surface area contributed by atoms with E-state index in [4.69, 9.17) is 25.2 Å². The van der Waals surface area contributed by atoms with Gasteiger partial charge in [-0.3, -0.25) is 4.90 Å². The molecule has 0 saturated carbocycles. The van der Waals surface area contributed by atoms with E-state index < -0.39 is 11.8 Å². The molecule has 2 spiro atoms. The van der Waals surface area contributed by atoms with Gasteiger partial charge in [0.1, 0.15) is 30.3 Å². The number of nitrogens with two attached hydrogens (primary N) is 1. The fourth-order valence-corrected chi connectivity index (χ4v) is 9.13. The largest absolute Gasteiger partial charge is 0.461 e. The third-order valence-corrected chi connectivity index (χ3v) is 11.3. The maximum absolute atomic E-state index is 14.5. The molecule has 4 saturated heterocycles. The molecule has 4 fully saturated rings. The summed E-state index contributed by atoms with van der Waals surface area (Å²) in [5.74, 6) is 0.922. The number of aryl methyl sites for hydroxylation is 1. The molecule has 0 bridgehead atoms. The lowest BCUT2D eigenvalue weighted by Crippen LogP contribution is -2.62. The molecule has 8 rings (SSSR count). The Morgan fingerprint density at radius 3 is 2.83 bits per heavy atom. The lowest BCUT2D eigenvalue weighted by molar-refractivity contribution is -0.0858. The molecule has 6 heterocycles. The summed E-state index contributed by atoms with van der Waals surface area (Å²) in [6, 6.07) is 6.66. The average molecular weight is 574 g/mol. The Morgan fingerprint density at radius 1 is 1.17 bits per heavy atom. The van der Waals surface area contributed by atoms with Crippen molar-refractivity contribution >= 4 is 11.5 Å². The predicted octanol–water partition coefficient (Wildman–Crippen LogP) is 3.47. The molecular weight excluding hydrogens is 533 g/mol. The zero-order valence-corrected chi connectivity index (χ0v) is 24.5. The van der Waals surface area contributed by atoms with Crippen molar-refractivity contribution in [1.29, 1.82) is 5.26 Å². The van der Waals surface area contributed by atoms with Crippen LogP contribution in [0.1, 0.15) is 72.9 Å². The number of alkyl halides is 1. The summed E-state index contributed by atoms with van der Waals surface area (Å²) in [6.45, 7) is 5.24. The van der Waals surface area contributed by atoms with Crippen molar-refractivity contribution < 1.29 is 13.9 Å². The molecular formula is C32H40FN7O2. The summed E-state index contributed by atoms with van der Waals surface area (Å²) in [5, 5.41) is 10.1. The number of ether oxygens (including phenoxy) is 2. The molecule has 1 aromatic heterocycles. The van der Waals surface area contributed by atoms with Crippen molar-refractivity contribution in [3.05, 3.63) is 40.1 Å². The van der Waals surface area contributed by atoms with Crippen molar-refractivity contribution in [1.82, 2.24) is 19.8 Å². The second-order valence-electron chi connectivity index (χ2n) is 13.7. The lowest BCUT2D eigenvalue weighted by Gasteiger charge is -2.53. The SMILES string of the molecule is CN1CCC2(CCN2c2nc(OCC34CCCN3CC(F)C4)nc3c2COC2(CCCc4ccc(N)c(C#N)c42)C3)C1. The highest BCUT2D eigenvalue weighted by molar-refractivity contribution is 5.64. The standard InChI is InChI=1S/C32H40FN7O2/c1-38-12-9-30(19-38)10-13-40(30)28-24-18-42-32(8-2-4-21-5-6-25(35)23(16-34)27(21)32)15-26(24)36-29(37-28)41-20-31-7-3-11-39(31)17-22(33)14-31/h5-6,22H,2-4,7-15,17-20,35H2,1H3. The van der Waals surface area contributed by atoms with Crippen molar-refractivity contribution in [3.8, 4) is 12.1 Å². The second kappa shape index (κ2) is 9.50. The highest BCUT2D eigenvalue weighted by atomic mass is 19.1. The smallest absolute Gasteiger partial charge is 0.318 e. The van der Waals surface area contributed by atoms with E-state index >= 15 is 0 Å². The molecule has 4 atom stereocenters. The molecule has 2 aromatic rings. The van der Waals surface area contributed by atoms with Crippen LogP contribution in [0, 0.1) is 11.3 Å². The quantitative estimate of drug-likeness (QED) is 0.551. The van der Waals surface area contributed by atoms with Crippen LogP contribution in [0.25, 0.3) is 0 Å². The highest BCUT2D eigenvalue weighted by Crippen LogP contribution is 2.50. The normalized spacial score (nSPS) is 33.8. The monoisotopic (exact) mass is 573 g/mol. The van der Waals surface area contributed by atoms with Gasteiger partial charge in [-0.2, -0.15) is 15.2 Å². The van der Waals surface area contributed by atoms with Crippen molar-refractivity contribution in [2.75, 3.05) is 57.0 Å². The molecule has 4 unspecified atom stereocenters. The first-order valence-corrected chi connectivity index (χ1v) is 15.7. The van der Waals surface area contributed by atoms with Crippen LogP contribution in [0.5, 0.6) is 6.01 Å². The fraction of sp³-hybridized carbons (Fsp3) is 0.656. The topological polar surface area (TPSA) is 104 Å². The molecule has 1 aromatic carbocycles. The van der Waals surface area contributed by atoms with E-state index in [9.17, 15) is 9.65 Å². The van der Waals surface area contributed by atoms with E-state index in [1.54, 1.807) is 0 Å². The molecule has 2 N–H and O–H groups in total. The number of halogens is 1. The van der Waals surface area contributed by atoms with Crippen LogP contribution in [0.15, 0.2) is 12.1 Å². The summed E-state index contributed by atoms with van der Waals surface area (Å²) in [4.78, 5) is 17.3. The number of likely N-dealkylation sites (tertiary alicyclic amines) is 1. The molecule has 42 heavy (non-hydrogen) atoms. The predicted molar refractivity (Wildman–Crippen MR) is 156 cm³/mol. The Balaban J connectivity index is 1.19. The maximum Gasteiger partial charge on any atom is 0.318 e. The summed E-state index contributed by atoms with van der Waals surface area (Å²) < 4.78 is 27.8. The van der Waals surface area contributed by atoms with E-state index in [2.05, 4.69) is 33.9 Å². The van der Waals surface area contributed by atoms with Gasteiger partial charge in [0.05, 0.1) is 28.9 Å². The number of likely N-dealkylation sites (N-methyl/N-ethyl adjacent to an activating group) is 1. The third-order valence-electron chi connectivity index (χ3n) is 11.3. The zero-order chi connectivity index (χ0) is 28.7. The summed E-state index contributed by atoms with van der Waals surface area (Å²) >= 11 is 0. The maximum atomic E-state index is 14.5. The van der Waals surface area contributed by atoms with Gasteiger partial charge in [-0.05, 0) is 70.2 Å². The number of nitrogens with zero attached hydrogens (tertiary/aromatic N) is 6. The van der Waals surface area contributed by atoms with E-state index in [1.165, 1.54) is 0 Å². The zero-order valence-electron chi connectivity index (χ0n) is 24.5. The van der Waals surface area contributed by atoms with Gasteiger partial charge in [0.2, 0.25) is 0 Å². The first-order valence-electron chi connectivity index (χ1n) is 15.7.